The number of aliphatic imine (C=N–C) groups is 1. The van der Waals surface area contributed by atoms with Crippen molar-refractivity contribution in [2.45, 2.75) is 0 Å². The van der Waals surface area contributed by atoms with Crippen LogP contribution < -0.4 is 10.1 Å². The van der Waals surface area contributed by atoms with Gasteiger partial charge in [0.15, 0.2) is 5.75 Å². The number of nitrogens with zero attached hydrogens (tertiary/aromatic N) is 3. The molecule has 0 aliphatic rings. The molecule has 1 aromatic rings. The zero-order valence-corrected chi connectivity index (χ0v) is 9.47. The number of pyridine rings is 1. The number of rotatable bonds is 3. The summed E-state index contributed by atoms with van der Waals surface area (Å²) in [4.78, 5) is 20.8. The molecule has 6 heteroatoms. The third-order valence-electron chi connectivity index (χ3n) is 1.60. The highest BCUT2D eigenvalue weighted by molar-refractivity contribution is 5.73. The minimum absolute atomic E-state index is 0.319. The Kier molecular flexibility index (Phi) is 4.26. The standard InChI is InChI=1S/C10H14N4O2/c1-11-10(15)16-9-6-12-5-4-8(9)13-7-14(2)3/h4-7H,1-3H3,(H,11,15)/b13-7+. The Morgan fingerprint density at radius 2 is 2.38 bits per heavy atom. The molecule has 0 bridgehead atoms. The Morgan fingerprint density at radius 1 is 1.62 bits per heavy atom. The minimum atomic E-state index is -0.547. The topological polar surface area (TPSA) is 66.8 Å². The molecule has 16 heavy (non-hydrogen) atoms. The van der Waals surface area contributed by atoms with Crippen molar-refractivity contribution in [1.29, 1.82) is 0 Å². The second-order valence-corrected chi connectivity index (χ2v) is 3.19. The zero-order valence-electron chi connectivity index (χ0n) is 9.47. The molecule has 0 saturated heterocycles. The summed E-state index contributed by atoms with van der Waals surface area (Å²) >= 11 is 0. The summed E-state index contributed by atoms with van der Waals surface area (Å²) in [6.45, 7) is 0. The first-order valence-electron chi connectivity index (χ1n) is 4.67. The average Bonchev–Trinajstić information content (AvgIpc) is 2.27. The van der Waals surface area contributed by atoms with Crippen LogP contribution in [0.3, 0.4) is 0 Å². The highest BCUT2D eigenvalue weighted by Gasteiger charge is 2.06. The van der Waals surface area contributed by atoms with Crippen molar-refractivity contribution in [2.75, 3.05) is 21.1 Å². The second kappa shape index (κ2) is 5.69. The first-order valence-corrected chi connectivity index (χ1v) is 4.67. The van der Waals surface area contributed by atoms with Crippen molar-refractivity contribution in [3.8, 4) is 5.75 Å². The molecule has 1 N–H and O–H groups in total. The van der Waals surface area contributed by atoms with Crippen LogP contribution in [0.4, 0.5) is 10.5 Å². The molecule has 0 atom stereocenters. The van der Waals surface area contributed by atoms with Gasteiger partial charge in [0.2, 0.25) is 0 Å². The maximum absolute atomic E-state index is 11.0. The molecule has 0 radical (unpaired) electrons. The zero-order chi connectivity index (χ0) is 12.0. The van der Waals surface area contributed by atoms with E-state index >= 15 is 0 Å². The van der Waals surface area contributed by atoms with E-state index in [1.54, 1.807) is 23.5 Å². The number of hydrogen-bond acceptors (Lipinski definition) is 4. The fraction of sp³-hybridized carbons (Fsp3) is 0.300. The molecule has 0 unspecified atom stereocenters. The lowest BCUT2D eigenvalue weighted by Crippen LogP contribution is -2.22. The number of carbonyl (C=O) groups excluding carboxylic acids is 1. The normalized spacial score (nSPS) is 10.2. The van der Waals surface area contributed by atoms with Gasteiger partial charge in [-0.3, -0.25) is 4.98 Å². The third kappa shape index (κ3) is 3.56. The smallest absolute Gasteiger partial charge is 0.406 e. The molecule has 1 rings (SSSR count). The van der Waals surface area contributed by atoms with Crippen molar-refractivity contribution in [3.05, 3.63) is 18.5 Å². The second-order valence-electron chi connectivity index (χ2n) is 3.19. The number of carbonyl (C=O) groups is 1. The molecule has 0 aromatic carbocycles. The van der Waals surface area contributed by atoms with E-state index < -0.39 is 6.09 Å². The van der Waals surface area contributed by atoms with Gasteiger partial charge < -0.3 is 15.0 Å². The Bertz CT molecular complexity index is 390. The lowest BCUT2D eigenvalue weighted by Gasteiger charge is -2.06. The fourth-order valence-electron chi connectivity index (χ4n) is 0.886. The summed E-state index contributed by atoms with van der Waals surface area (Å²) in [6.07, 6.45) is 4.09. The van der Waals surface area contributed by atoms with E-state index in [-0.39, 0.29) is 0 Å². The Morgan fingerprint density at radius 3 is 3.00 bits per heavy atom. The van der Waals surface area contributed by atoms with Crippen LogP contribution in [0.15, 0.2) is 23.5 Å². The molecular formula is C10H14N4O2. The van der Waals surface area contributed by atoms with Gasteiger partial charge in [-0.05, 0) is 6.07 Å². The summed E-state index contributed by atoms with van der Waals surface area (Å²) in [5, 5.41) is 2.35. The van der Waals surface area contributed by atoms with Crippen LogP contribution in [-0.2, 0) is 0 Å². The highest BCUT2D eigenvalue weighted by Crippen LogP contribution is 2.25. The van der Waals surface area contributed by atoms with Gasteiger partial charge in [0, 0.05) is 27.3 Å². The lowest BCUT2D eigenvalue weighted by molar-refractivity contribution is 0.203. The number of aromatic nitrogens is 1. The van der Waals surface area contributed by atoms with E-state index in [1.807, 2.05) is 14.1 Å². The fourth-order valence-corrected chi connectivity index (χ4v) is 0.886. The van der Waals surface area contributed by atoms with E-state index in [0.29, 0.717) is 11.4 Å². The lowest BCUT2D eigenvalue weighted by atomic mass is 10.4. The summed E-state index contributed by atoms with van der Waals surface area (Å²) in [7, 11) is 5.19. The van der Waals surface area contributed by atoms with Gasteiger partial charge in [-0.25, -0.2) is 9.79 Å². The van der Waals surface area contributed by atoms with E-state index in [2.05, 4.69) is 15.3 Å². The maximum atomic E-state index is 11.0. The quantitative estimate of drug-likeness (QED) is 0.612. The third-order valence-corrected chi connectivity index (χ3v) is 1.60. The molecular weight excluding hydrogens is 208 g/mol. The average molecular weight is 222 g/mol. The molecule has 0 saturated carbocycles. The Hall–Kier alpha value is -2.11. The molecule has 86 valence electrons. The van der Waals surface area contributed by atoms with Crippen LogP contribution in [0.1, 0.15) is 0 Å². The SMILES string of the molecule is CNC(=O)Oc1cnccc1/N=C/N(C)C. The largest absolute Gasteiger partial charge is 0.412 e. The van der Waals surface area contributed by atoms with Crippen LogP contribution >= 0.6 is 0 Å². The summed E-state index contributed by atoms with van der Waals surface area (Å²) in [5.74, 6) is 0.319. The van der Waals surface area contributed by atoms with Crippen molar-refractivity contribution < 1.29 is 9.53 Å². The van der Waals surface area contributed by atoms with Crippen LogP contribution in [0.5, 0.6) is 5.75 Å². The van der Waals surface area contributed by atoms with Crippen molar-refractivity contribution in [2.24, 2.45) is 4.99 Å². The number of nitrogens with one attached hydrogen (secondary N) is 1. The summed E-state index contributed by atoms with van der Waals surface area (Å²) < 4.78 is 4.98. The molecule has 0 aliphatic heterocycles. The van der Waals surface area contributed by atoms with Crippen molar-refractivity contribution in [3.63, 3.8) is 0 Å². The molecule has 0 spiro atoms. The predicted molar refractivity (Wildman–Crippen MR) is 61.2 cm³/mol. The molecule has 0 fully saturated rings. The van der Waals surface area contributed by atoms with Gasteiger partial charge in [-0.1, -0.05) is 0 Å². The summed E-state index contributed by atoms with van der Waals surface area (Å²) in [6, 6.07) is 1.66. The molecule has 1 heterocycles. The molecule has 6 nitrogen and oxygen atoms in total. The molecule has 0 aliphatic carbocycles. The number of amides is 1. The first-order chi connectivity index (χ1) is 7.63. The van der Waals surface area contributed by atoms with E-state index in [0.717, 1.165) is 0 Å². The van der Waals surface area contributed by atoms with Gasteiger partial charge in [0.1, 0.15) is 5.69 Å². The van der Waals surface area contributed by atoms with Gasteiger partial charge in [-0.15, -0.1) is 0 Å². The Balaban J connectivity index is 2.87. The van der Waals surface area contributed by atoms with Crippen LogP contribution in [0.2, 0.25) is 0 Å². The monoisotopic (exact) mass is 222 g/mol. The van der Waals surface area contributed by atoms with Gasteiger partial charge in [-0.2, -0.15) is 0 Å². The Labute approximate surface area is 94.0 Å². The van der Waals surface area contributed by atoms with Gasteiger partial charge in [0.25, 0.3) is 0 Å². The van der Waals surface area contributed by atoms with E-state index in [4.69, 9.17) is 4.74 Å². The van der Waals surface area contributed by atoms with Crippen LogP contribution in [0.25, 0.3) is 0 Å². The van der Waals surface area contributed by atoms with Crippen molar-refractivity contribution >= 4 is 18.1 Å². The van der Waals surface area contributed by atoms with E-state index in [9.17, 15) is 4.79 Å². The van der Waals surface area contributed by atoms with Gasteiger partial charge >= 0.3 is 6.09 Å². The number of hydrogen-bond donors (Lipinski definition) is 1. The molecule has 1 aromatic heterocycles. The minimum Gasteiger partial charge on any atom is -0.406 e. The van der Waals surface area contributed by atoms with Crippen LogP contribution in [-0.4, -0.2) is 43.5 Å². The molecule has 1 amide bonds. The maximum Gasteiger partial charge on any atom is 0.412 e. The van der Waals surface area contributed by atoms with E-state index in [1.165, 1.54) is 13.2 Å². The van der Waals surface area contributed by atoms with Gasteiger partial charge in [0.05, 0.1) is 12.5 Å². The summed E-state index contributed by atoms with van der Waals surface area (Å²) in [5.41, 5.74) is 0.548. The van der Waals surface area contributed by atoms with Crippen molar-refractivity contribution in [1.82, 2.24) is 15.2 Å². The predicted octanol–water partition coefficient (Wildman–Crippen LogP) is 1.02. The van der Waals surface area contributed by atoms with Crippen LogP contribution in [0, 0.1) is 0 Å². The first kappa shape index (κ1) is 12.0. The number of ether oxygens (including phenoxy) is 1. The highest BCUT2D eigenvalue weighted by atomic mass is 16.6.